The van der Waals surface area contributed by atoms with E-state index in [1.807, 2.05) is 13.0 Å². The number of hydrogen-bond donors (Lipinski definition) is 1. The molecule has 0 saturated carbocycles. The lowest BCUT2D eigenvalue weighted by molar-refractivity contribution is 0.600. The van der Waals surface area contributed by atoms with Crippen LogP contribution in [0.3, 0.4) is 0 Å². The first-order chi connectivity index (χ1) is 8.25. The standard InChI is InChI=1S/C12H13FN4/c1-9-7-12(17-8-16-9)15-6-4-11-10(13)3-2-5-14-11/h2-3,5,7-8H,4,6H2,1H3,(H,15,16,17). The lowest BCUT2D eigenvalue weighted by Gasteiger charge is -2.05. The monoisotopic (exact) mass is 232 g/mol. The van der Waals surface area contributed by atoms with E-state index in [1.165, 1.54) is 12.4 Å². The highest BCUT2D eigenvalue weighted by Gasteiger charge is 2.02. The third-order valence-electron chi connectivity index (χ3n) is 2.31. The smallest absolute Gasteiger partial charge is 0.144 e. The summed E-state index contributed by atoms with van der Waals surface area (Å²) in [6, 6.07) is 4.84. The molecule has 2 aromatic heterocycles. The maximum absolute atomic E-state index is 13.3. The van der Waals surface area contributed by atoms with Crippen LogP contribution in [0.1, 0.15) is 11.4 Å². The first kappa shape index (κ1) is 11.4. The molecular formula is C12H13FN4. The summed E-state index contributed by atoms with van der Waals surface area (Å²) >= 11 is 0. The maximum atomic E-state index is 13.3. The Hall–Kier alpha value is -2.04. The van der Waals surface area contributed by atoms with Crippen molar-refractivity contribution >= 4 is 5.82 Å². The van der Waals surface area contributed by atoms with E-state index >= 15 is 0 Å². The van der Waals surface area contributed by atoms with Gasteiger partial charge in [-0.25, -0.2) is 14.4 Å². The summed E-state index contributed by atoms with van der Waals surface area (Å²) in [5, 5.41) is 3.10. The van der Waals surface area contributed by atoms with Crippen molar-refractivity contribution < 1.29 is 4.39 Å². The summed E-state index contributed by atoms with van der Waals surface area (Å²) in [5.74, 6) is 0.474. The number of rotatable bonds is 4. The van der Waals surface area contributed by atoms with Crippen LogP contribution in [0.4, 0.5) is 10.2 Å². The topological polar surface area (TPSA) is 50.7 Å². The van der Waals surface area contributed by atoms with E-state index in [1.54, 1.807) is 12.3 Å². The van der Waals surface area contributed by atoms with Crippen molar-refractivity contribution in [2.24, 2.45) is 0 Å². The third-order valence-corrected chi connectivity index (χ3v) is 2.31. The zero-order chi connectivity index (χ0) is 12.1. The molecule has 17 heavy (non-hydrogen) atoms. The molecule has 0 aromatic carbocycles. The largest absolute Gasteiger partial charge is 0.370 e. The van der Waals surface area contributed by atoms with Crippen molar-refractivity contribution in [3.05, 3.63) is 47.9 Å². The number of anilines is 1. The molecule has 0 aliphatic carbocycles. The first-order valence-electron chi connectivity index (χ1n) is 5.37. The molecule has 0 aliphatic heterocycles. The van der Waals surface area contributed by atoms with Crippen molar-refractivity contribution in [3.8, 4) is 0 Å². The van der Waals surface area contributed by atoms with Crippen molar-refractivity contribution in [2.45, 2.75) is 13.3 Å². The Labute approximate surface area is 99.0 Å². The molecule has 0 unspecified atom stereocenters. The molecule has 0 bridgehead atoms. The summed E-state index contributed by atoms with van der Waals surface area (Å²) in [4.78, 5) is 12.0. The lowest BCUT2D eigenvalue weighted by atomic mass is 10.2. The Balaban J connectivity index is 1.90. The molecular weight excluding hydrogens is 219 g/mol. The highest BCUT2D eigenvalue weighted by atomic mass is 19.1. The van der Waals surface area contributed by atoms with Gasteiger partial charge in [0.2, 0.25) is 0 Å². The van der Waals surface area contributed by atoms with Gasteiger partial charge in [-0.05, 0) is 19.1 Å². The van der Waals surface area contributed by atoms with Gasteiger partial charge in [-0.3, -0.25) is 4.98 Å². The molecule has 2 aromatic rings. The fourth-order valence-corrected chi connectivity index (χ4v) is 1.46. The molecule has 4 nitrogen and oxygen atoms in total. The summed E-state index contributed by atoms with van der Waals surface area (Å²) in [7, 11) is 0. The normalized spacial score (nSPS) is 10.2. The minimum absolute atomic E-state index is 0.270. The summed E-state index contributed by atoms with van der Waals surface area (Å²) in [6.07, 6.45) is 3.61. The van der Waals surface area contributed by atoms with Crippen LogP contribution in [-0.2, 0) is 6.42 Å². The van der Waals surface area contributed by atoms with Gasteiger partial charge >= 0.3 is 0 Å². The van der Waals surface area contributed by atoms with Crippen LogP contribution in [-0.4, -0.2) is 21.5 Å². The van der Waals surface area contributed by atoms with Crippen molar-refractivity contribution in [2.75, 3.05) is 11.9 Å². The van der Waals surface area contributed by atoms with Gasteiger partial charge in [0.25, 0.3) is 0 Å². The van der Waals surface area contributed by atoms with Crippen LogP contribution in [0, 0.1) is 12.7 Å². The predicted molar refractivity (Wildman–Crippen MR) is 63.2 cm³/mol. The number of halogens is 1. The quantitative estimate of drug-likeness (QED) is 0.875. The van der Waals surface area contributed by atoms with E-state index in [9.17, 15) is 4.39 Å². The molecule has 1 N–H and O–H groups in total. The Morgan fingerprint density at radius 1 is 1.29 bits per heavy atom. The summed E-state index contributed by atoms with van der Waals surface area (Å²) in [5.41, 5.74) is 1.36. The number of hydrogen-bond acceptors (Lipinski definition) is 4. The second-order valence-corrected chi connectivity index (χ2v) is 3.65. The number of nitrogens with zero attached hydrogens (tertiary/aromatic N) is 3. The number of nitrogens with one attached hydrogen (secondary N) is 1. The van der Waals surface area contributed by atoms with Crippen LogP contribution < -0.4 is 5.32 Å². The van der Waals surface area contributed by atoms with Crippen LogP contribution in [0.2, 0.25) is 0 Å². The van der Waals surface area contributed by atoms with E-state index < -0.39 is 0 Å². The molecule has 0 atom stereocenters. The molecule has 0 amide bonds. The number of aromatic nitrogens is 3. The zero-order valence-electron chi connectivity index (χ0n) is 9.52. The van der Waals surface area contributed by atoms with E-state index in [4.69, 9.17) is 0 Å². The summed E-state index contributed by atoms with van der Waals surface area (Å²) < 4.78 is 13.3. The van der Waals surface area contributed by atoms with Gasteiger partial charge in [0.1, 0.15) is 18.0 Å². The van der Waals surface area contributed by atoms with E-state index in [0.717, 1.165) is 11.5 Å². The van der Waals surface area contributed by atoms with Gasteiger partial charge in [0.15, 0.2) is 0 Å². The maximum Gasteiger partial charge on any atom is 0.144 e. The Kier molecular flexibility index (Phi) is 3.59. The third kappa shape index (κ3) is 3.21. The van der Waals surface area contributed by atoms with Gasteiger partial charge in [-0.1, -0.05) is 0 Å². The van der Waals surface area contributed by atoms with E-state index in [2.05, 4.69) is 20.3 Å². The lowest BCUT2D eigenvalue weighted by Crippen LogP contribution is -2.08. The first-order valence-corrected chi connectivity index (χ1v) is 5.37. The van der Waals surface area contributed by atoms with Crippen molar-refractivity contribution in [3.63, 3.8) is 0 Å². The van der Waals surface area contributed by atoms with Crippen molar-refractivity contribution in [1.29, 1.82) is 0 Å². The zero-order valence-corrected chi connectivity index (χ0v) is 9.52. The van der Waals surface area contributed by atoms with Crippen molar-refractivity contribution in [1.82, 2.24) is 15.0 Å². The highest BCUT2D eigenvalue weighted by molar-refractivity contribution is 5.34. The average Bonchev–Trinajstić information content (AvgIpc) is 2.32. The molecule has 88 valence electrons. The average molecular weight is 232 g/mol. The van der Waals surface area contributed by atoms with Crippen LogP contribution in [0.5, 0.6) is 0 Å². The second kappa shape index (κ2) is 5.34. The highest BCUT2D eigenvalue weighted by Crippen LogP contribution is 2.05. The van der Waals surface area contributed by atoms with Crippen LogP contribution in [0.15, 0.2) is 30.7 Å². The minimum atomic E-state index is -0.270. The second-order valence-electron chi connectivity index (χ2n) is 3.65. The summed E-state index contributed by atoms with van der Waals surface area (Å²) in [6.45, 7) is 2.48. The molecule has 2 rings (SSSR count). The molecule has 0 saturated heterocycles. The Morgan fingerprint density at radius 3 is 2.94 bits per heavy atom. The molecule has 5 heteroatoms. The fourth-order valence-electron chi connectivity index (χ4n) is 1.46. The Morgan fingerprint density at radius 2 is 2.18 bits per heavy atom. The van der Waals surface area contributed by atoms with Gasteiger partial charge < -0.3 is 5.32 Å². The number of aryl methyl sites for hydroxylation is 1. The molecule has 0 radical (unpaired) electrons. The Bertz CT molecular complexity index is 501. The van der Waals surface area contributed by atoms with Crippen LogP contribution >= 0.6 is 0 Å². The molecule has 0 fully saturated rings. The van der Waals surface area contributed by atoms with Gasteiger partial charge in [0, 0.05) is 30.9 Å². The van der Waals surface area contributed by atoms with E-state index in [-0.39, 0.29) is 5.82 Å². The number of pyridine rings is 1. The van der Waals surface area contributed by atoms with Crippen LogP contribution in [0.25, 0.3) is 0 Å². The van der Waals surface area contributed by atoms with Gasteiger partial charge in [-0.15, -0.1) is 0 Å². The molecule has 0 spiro atoms. The molecule has 0 aliphatic rings. The van der Waals surface area contributed by atoms with E-state index in [0.29, 0.717) is 18.7 Å². The SMILES string of the molecule is Cc1cc(NCCc2ncccc2F)ncn1. The minimum Gasteiger partial charge on any atom is -0.370 e. The predicted octanol–water partition coefficient (Wildman–Crippen LogP) is 1.97. The fraction of sp³-hybridized carbons (Fsp3) is 0.250. The van der Waals surface area contributed by atoms with Gasteiger partial charge in [0.05, 0.1) is 5.69 Å². The van der Waals surface area contributed by atoms with Gasteiger partial charge in [-0.2, -0.15) is 0 Å². The molecule has 2 heterocycles.